The molecule has 2 heterocycles. The number of aryl methyl sites for hydroxylation is 1. The summed E-state index contributed by atoms with van der Waals surface area (Å²) >= 11 is 0. The summed E-state index contributed by atoms with van der Waals surface area (Å²) in [4.78, 5) is 16.5. The molecule has 0 fully saturated rings. The Kier molecular flexibility index (Phi) is 5.88. The van der Waals surface area contributed by atoms with Crippen molar-refractivity contribution in [3.8, 4) is 11.5 Å². The predicted molar refractivity (Wildman–Crippen MR) is 100 cm³/mol. The Morgan fingerprint density at radius 3 is 2.79 bits per heavy atom. The van der Waals surface area contributed by atoms with Crippen LogP contribution in [0.3, 0.4) is 0 Å². The van der Waals surface area contributed by atoms with Crippen LogP contribution in [0.25, 0.3) is 11.7 Å². The normalized spacial score (nSPS) is 11.3. The number of nitrogens with zero attached hydrogens (tertiary/aromatic N) is 2. The Labute approximate surface area is 160 Å². The summed E-state index contributed by atoms with van der Waals surface area (Å²) in [6.07, 6.45) is 4.49. The maximum atomic E-state index is 12.7. The summed E-state index contributed by atoms with van der Waals surface area (Å²) in [7, 11) is 1.35. The molecule has 0 atom stereocenters. The number of rotatable bonds is 7. The van der Waals surface area contributed by atoms with Crippen molar-refractivity contribution in [2.75, 3.05) is 7.11 Å². The number of hydrogen-bond acceptors (Lipinski definition) is 4. The number of fused-ring (bicyclic) bond motifs is 1. The standard InChI is InChI=1S/C20H19F2N3O3/c1-13-5-3-8-17-24-15(12-25(13)17)11-23-18(26)10-9-14-6-4-7-16(27-2)19(14)28-20(21)22/h3-10,12,20H,11H2,1-2H3,(H,23,26)/b10-9+. The molecule has 1 aromatic carbocycles. The topological polar surface area (TPSA) is 64.9 Å². The Morgan fingerprint density at radius 2 is 2.07 bits per heavy atom. The van der Waals surface area contributed by atoms with Gasteiger partial charge in [0.2, 0.25) is 5.91 Å². The van der Waals surface area contributed by atoms with Gasteiger partial charge in [0.05, 0.1) is 19.3 Å². The van der Waals surface area contributed by atoms with Crippen molar-refractivity contribution in [1.29, 1.82) is 0 Å². The van der Waals surface area contributed by atoms with E-state index in [-0.39, 0.29) is 24.0 Å². The van der Waals surface area contributed by atoms with Crippen LogP contribution in [0.4, 0.5) is 8.78 Å². The summed E-state index contributed by atoms with van der Waals surface area (Å²) in [5.41, 5.74) is 2.84. The Hall–Kier alpha value is -3.42. The number of nitrogens with one attached hydrogen (secondary N) is 1. The number of ether oxygens (including phenoxy) is 2. The zero-order valence-corrected chi connectivity index (χ0v) is 15.4. The van der Waals surface area contributed by atoms with E-state index in [9.17, 15) is 13.6 Å². The number of alkyl halides is 2. The van der Waals surface area contributed by atoms with E-state index in [0.717, 1.165) is 11.3 Å². The molecule has 0 aliphatic heterocycles. The first-order valence-electron chi connectivity index (χ1n) is 8.49. The maximum absolute atomic E-state index is 12.7. The van der Waals surface area contributed by atoms with E-state index in [0.29, 0.717) is 11.3 Å². The van der Waals surface area contributed by atoms with Crippen LogP contribution in [0.2, 0.25) is 0 Å². The third-order valence-corrected chi connectivity index (χ3v) is 4.04. The molecule has 146 valence electrons. The molecule has 0 aliphatic carbocycles. The lowest BCUT2D eigenvalue weighted by molar-refractivity contribution is -0.116. The van der Waals surface area contributed by atoms with Gasteiger partial charge in [0.15, 0.2) is 11.5 Å². The number of carbonyl (C=O) groups is 1. The van der Waals surface area contributed by atoms with Gasteiger partial charge in [0.25, 0.3) is 0 Å². The summed E-state index contributed by atoms with van der Waals surface area (Å²) in [6.45, 7) is -0.800. The Balaban J connectivity index is 1.69. The highest BCUT2D eigenvalue weighted by Crippen LogP contribution is 2.33. The number of hydrogen-bond donors (Lipinski definition) is 1. The van der Waals surface area contributed by atoms with Crippen LogP contribution in [0, 0.1) is 6.92 Å². The van der Waals surface area contributed by atoms with Crippen LogP contribution in [0.15, 0.2) is 48.7 Å². The van der Waals surface area contributed by atoms with Crippen LogP contribution in [-0.4, -0.2) is 29.0 Å². The second-order valence-corrected chi connectivity index (χ2v) is 5.94. The average Bonchev–Trinajstić information content (AvgIpc) is 3.09. The van der Waals surface area contributed by atoms with Crippen molar-refractivity contribution in [2.24, 2.45) is 0 Å². The van der Waals surface area contributed by atoms with Crippen molar-refractivity contribution in [3.05, 3.63) is 65.6 Å². The molecule has 0 saturated carbocycles. The van der Waals surface area contributed by atoms with Gasteiger partial charge in [-0.05, 0) is 31.2 Å². The van der Waals surface area contributed by atoms with Gasteiger partial charge in [0, 0.05) is 23.5 Å². The number of benzene rings is 1. The van der Waals surface area contributed by atoms with E-state index in [2.05, 4.69) is 15.0 Å². The quantitative estimate of drug-likeness (QED) is 0.630. The lowest BCUT2D eigenvalue weighted by Gasteiger charge is -2.12. The van der Waals surface area contributed by atoms with Gasteiger partial charge in [-0.3, -0.25) is 4.79 Å². The van der Waals surface area contributed by atoms with Crippen LogP contribution in [0.5, 0.6) is 11.5 Å². The van der Waals surface area contributed by atoms with Crippen molar-refractivity contribution in [1.82, 2.24) is 14.7 Å². The number of amides is 1. The van der Waals surface area contributed by atoms with Crippen LogP contribution in [-0.2, 0) is 11.3 Å². The smallest absolute Gasteiger partial charge is 0.387 e. The van der Waals surface area contributed by atoms with E-state index in [1.807, 2.05) is 35.7 Å². The minimum atomic E-state index is -3.00. The van der Waals surface area contributed by atoms with E-state index in [1.54, 1.807) is 12.1 Å². The van der Waals surface area contributed by atoms with Gasteiger partial charge in [0.1, 0.15) is 5.65 Å². The fraction of sp³-hybridized carbons (Fsp3) is 0.200. The van der Waals surface area contributed by atoms with E-state index < -0.39 is 6.61 Å². The van der Waals surface area contributed by atoms with Gasteiger partial charge in [-0.25, -0.2) is 4.98 Å². The monoisotopic (exact) mass is 387 g/mol. The number of carbonyl (C=O) groups excluding carboxylic acids is 1. The first-order valence-corrected chi connectivity index (χ1v) is 8.49. The molecule has 0 saturated heterocycles. The molecule has 0 radical (unpaired) electrons. The molecule has 3 rings (SSSR count). The van der Waals surface area contributed by atoms with Crippen LogP contribution < -0.4 is 14.8 Å². The number of methoxy groups -OCH3 is 1. The van der Waals surface area contributed by atoms with Crippen molar-refractivity contribution >= 4 is 17.6 Å². The highest BCUT2D eigenvalue weighted by molar-refractivity contribution is 5.92. The molecule has 28 heavy (non-hydrogen) atoms. The maximum Gasteiger partial charge on any atom is 0.387 e. The molecule has 0 bridgehead atoms. The molecule has 3 aromatic rings. The summed E-state index contributed by atoms with van der Waals surface area (Å²) < 4.78 is 36.8. The minimum Gasteiger partial charge on any atom is -0.493 e. The zero-order chi connectivity index (χ0) is 20.1. The van der Waals surface area contributed by atoms with Gasteiger partial charge in [-0.15, -0.1) is 0 Å². The van der Waals surface area contributed by atoms with E-state index in [4.69, 9.17) is 4.74 Å². The molecule has 0 spiro atoms. The Morgan fingerprint density at radius 1 is 1.29 bits per heavy atom. The number of para-hydroxylation sites is 1. The van der Waals surface area contributed by atoms with Gasteiger partial charge in [-0.1, -0.05) is 18.2 Å². The second-order valence-electron chi connectivity index (χ2n) is 5.94. The minimum absolute atomic E-state index is 0.125. The molecule has 8 heteroatoms. The van der Waals surface area contributed by atoms with Crippen molar-refractivity contribution in [2.45, 2.75) is 20.1 Å². The molecular weight excluding hydrogens is 368 g/mol. The third kappa shape index (κ3) is 4.46. The zero-order valence-electron chi connectivity index (χ0n) is 15.4. The van der Waals surface area contributed by atoms with Crippen LogP contribution in [0.1, 0.15) is 17.0 Å². The summed E-state index contributed by atoms with van der Waals surface area (Å²) in [5.74, 6) is -0.359. The van der Waals surface area contributed by atoms with Gasteiger partial charge >= 0.3 is 6.61 Å². The molecule has 6 nitrogen and oxygen atoms in total. The SMILES string of the molecule is COc1cccc(/C=C/C(=O)NCc2cn3c(C)cccc3n2)c1OC(F)F. The Bertz CT molecular complexity index is 1020. The first-order chi connectivity index (χ1) is 13.5. The lowest BCUT2D eigenvalue weighted by atomic mass is 10.1. The highest BCUT2D eigenvalue weighted by Gasteiger charge is 2.14. The van der Waals surface area contributed by atoms with Crippen molar-refractivity contribution < 1.29 is 23.0 Å². The first kappa shape index (κ1) is 19.3. The lowest BCUT2D eigenvalue weighted by Crippen LogP contribution is -2.20. The fourth-order valence-corrected chi connectivity index (χ4v) is 2.73. The summed E-state index contributed by atoms with van der Waals surface area (Å²) in [6, 6.07) is 10.4. The molecule has 2 aromatic heterocycles. The van der Waals surface area contributed by atoms with E-state index >= 15 is 0 Å². The second kappa shape index (κ2) is 8.51. The predicted octanol–water partition coefficient (Wildman–Crippen LogP) is 3.58. The summed E-state index contributed by atoms with van der Waals surface area (Å²) in [5, 5.41) is 2.72. The average molecular weight is 387 g/mol. The number of aromatic nitrogens is 2. The molecule has 0 unspecified atom stereocenters. The third-order valence-electron chi connectivity index (χ3n) is 4.04. The van der Waals surface area contributed by atoms with Gasteiger partial charge < -0.3 is 19.2 Å². The van der Waals surface area contributed by atoms with Crippen LogP contribution >= 0.6 is 0 Å². The number of halogens is 2. The van der Waals surface area contributed by atoms with Crippen molar-refractivity contribution in [3.63, 3.8) is 0 Å². The number of imidazole rings is 1. The van der Waals surface area contributed by atoms with E-state index in [1.165, 1.54) is 25.3 Å². The number of pyridine rings is 1. The molecular formula is C20H19F2N3O3. The largest absolute Gasteiger partial charge is 0.493 e. The molecule has 1 N–H and O–H groups in total. The van der Waals surface area contributed by atoms with Gasteiger partial charge in [-0.2, -0.15) is 8.78 Å². The highest BCUT2D eigenvalue weighted by atomic mass is 19.3. The molecule has 0 aliphatic rings. The molecule has 1 amide bonds. The fourth-order valence-electron chi connectivity index (χ4n) is 2.73.